The molecule has 0 saturated heterocycles. The molecular formula is C14H15N3O2. The lowest BCUT2D eigenvalue weighted by Gasteiger charge is -2.20. The minimum Gasteiger partial charge on any atom is -0.478 e. The van der Waals surface area contributed by atoms with Gasteiger partial charge in [0.25, 0.3) is 0 Å². The fourth-order valence-corrected chi connectivity index (χ4v) is 2.46. The lowest BCUT2D eigenvalue weighted by molar-refractivity contribution is 0.0697. The van der Waals surface area contributed by atoms with Gasteiger partial charge in [0.05, 0.1) is 5.56 Å². The average molecular weight is 257 g/mol. The number of carbonyl (C=O) groups is 1. The van der Waals surface area contributed by atoms with E-state index in [4.69, 9.17) is 5.11 Å². The molecule has 2 heterocycles. The number of benzene rings is 1. The fourth-order valence-electron chi connectivity index (χ4n) is 2.46. The third-order valence-electron chi connectivity index (χ3n) is 3.59. The van der Waals surface area contributed by atoms with Crippen molar-refractivity contribution in [3.63, 3.8) is 0 Å². The zero-order valence-corrected chi connectivity index (χ0v) is 10.7. The van der Waals surface area contributed by atoms with E-state index in [0.29, 0.717) is 5.92 Å². The summed E-state index contributed by atoms with van der Waals surface area (Å²) in [4.78, 5) is 10.8. The third-order valence-corrected chi connectivity index (χ3v) is 3.59. The molecule has 98 valence electrons. The van der Waals surface area contributed by atoms with E-state index in [1.54, 1.807) is 24.3 Å². The molecule has 1 aliphatic heterocycles. The summed E-state index contributed by atoms with van der Waals surface area (Å²) < 4.78 is 2.13. The topological polar surface area (TPSA) is 68.0 Å². The van der Waals surface area contributed by atoms with Crippen molar-refractivity contribution in [1.82, 2.24) is 14.8 Å². The van der Waals surface area contributed by atoms with Gasteiger partial charge in [-0.3, -0.25) is 0 Å². The molecule has 0 spiro atoms. The van der Waals surface area contributed by atoms with Crippen LogP contribution in [0.5, 0.6) is 0 Å². The van der Waals surface area contributed by atoms with E-state index >= 15 is 0 Å². The summed E-state index contributed by atoms with van der Waals surface area (Å²) in [7, 11) is 0. The van der Waals surface area contributed by atoms with Crippen molar-refractivity contribution in [2.24, 2.45) is 5.92 Å². The summed E-state index contributed by atoms with van der Waals surface area (Å²) in [6.45, 7) is 3.15. The summed E-state index contributed by atoms with van der Waals surface area (Å²) >= 11 is 0. The van der Waals surface area contributed by atoms with Gasteiger partial charge >= 0.3 is 5.97 Å². The third kappa shape index (κ3) is 2.12. The first kappa shape index (κ1) is 11.9. The van der Waals surface area contributed by atoms with Gasteiger partial charge in [-0.05, 0) is 24.5 Å². The molecule has 5 nitrogen and oxygen atoms in total. The van der Waals surface area contributed by atoms with Crippen LogP contribution in [0.3, 0.4) is 0 Å². The van der Waals surface area contributed by atoms with Crippen LogP contribution < -0.4 is 0 Å². The Kier molecular flexibility index (Phi) is 2.81. The zero-order chi connectivity index (χ0) is 13.4. The summed E-state index contributed by atoms with van der Waals surface area (Å²) in [6, 6.07) is 6.78. The summed E-state index contributed by atoms with van der Waals surface area (Å²) in [5, 5.41) is 17.4. The van der Waals surface area contributed by atoms with Crippen molar-refractivity contribution >= 4 is 5.97 Å². The van der Waals surface area contributed by atoms with Crippen molar-refractivity contribution in [3.8, 4) is 11.4 Å². The lowest BCUT2D eigenvalue weighted by atomic mass is 10.00. The summed E-state index contributed by atoms with van der Waals surface area (Å²) in [6.07, 6.45) is 2.09. The van der Waals surface area contributed by atoms with Crippen LogP contribution in [0.2, 0.25) is 0 Å². The van der Waals surface area contributed by atoms with E-state index in [9.17, 15) is 4.79 Å². The highest BCUT2D eigenvalue weighted by Crippen LogP contribution is 2.25. The van der Waals surface area contributed by atoms with Crippen molar-refractivity contribution in [3.05, 3.63) is 35.7 Å². The van der Waals surface area contributed by atoms with Crippen molar-refractivity contribution in [2.75, 3.05) is 0 Å². The van der Waals surface area contributed by atoms with Crippen molar-refractivity contribution in [2.45, 2.75) is 26.3 Å². The number of rotatable bonds is 2. The number of fused-ring (bicyclic) bond motifs is 1. The minimum atomic E-state index is -0.913. The van der Waals surface area contributed by atoms with Crippen LogP contribution in [0, 0.1) is 5.92 Å². The molecule has 0 amide bonds. The zero-order valence-electron chi connectivity index (χ0n) is 10.7. The molecule has 5 heteroatoms. The molecule has 2 aromatic rings. The van der Waals surface area contributed by atoms with Gasteiger partial charge in [-0.25, -0.2) is 4.79 Å². The van der Waals surface area contributed by atoms with Crippen LogP contribution in [0.25, 0.3) is 11.4 Å². The maximum absolute atomic E-state index is 10.8. The van der Waals surface area contributed by atoms with Crippen molar-refractivity contribution in [1.29, 1.82) is 0 Å². The molecule has 1 N–H and O–H groups in total. The monoisotopic (exact) mass is 257 g/mol. The first-order valence-corrected chi connectivity index (χ1v) is 6.41. The molecule has 0 aliphatic carbocycles. The van der Waals surface area contributed by atoms with Gasteiger partial charge in [0.2, 0.25) is 0 Å². The van der Waals surface area contributed by atoms with Gasteiger partial charge in [0, 0.05) is 18.5 Å². The lowest BCUT2D eigenvalue weighted by Crippen LogP contribution is -2.17. The second kappa shape index (κ2) is 4.50. The van der Waals surface area contributed by atoms with Crippen LogP contribution in [-0.4, -0.2) is 25.8 Å². The Morgan fingerprint density at radius 2 is 2.05 bits per heavy atom. The van der Waals surface area contributed by atoms with Gasteiger partial charge in [0.1, 0.15) is 5.82 Å². The molecule has 19 heavy (non-hydrogen) atoms. The standard InChI is InChI=1S/C14H15N3O2/c1-9-6-7-17-12(8-9)15-16-13(17)10-2-4-11(5-3-10)14(18)19/h2-5,9H,6-8H2,1H3,(H,18,19). The summed E-state index contributed by atoms with van der Waals surface area (Å²) in [5.41, 5.74) is 1.20. The van der Waals surface area contributed by atoms with E-state index in [-0.39, 0.29) is 5.56 Å². The Bertz CT molecular complexity index is 616. The highest BCUT2D eigenvalue weighted by Gasteiger charge is 2.20. The number of aromatic carboxylic acids is 1. The molecule has 1 aromatic carbocycles. The Labute approximate surface area is 110 Å². The SMILES string of the molecule is CC1CCn2c(nnc2-c2ccc(C(=O)O)cc2)C1. The van der Waals surface area contributed by atoms with E-state index < -0.39 is 5.97 Å². The predicted molar refractivity (Wildman–Crippen MR) is 69.9 cm³/mol. The molecule has 1 aromatic heterocycles. The van der Waals surface area contributed by atoms with Crippen LogP contribution >= 0.6 is 0 Å². The minimum absolute atomic E-state index is 0.288. The van der Waals surface area contributed by atoms with E-state index in [2.05, 4.69) is 21.7 Å². The number of carboxylic acids is 1. The number of hydrogen-bond acceptors (Lipinski definition) is 3. The Morgan fingerprint density at radius 1 is 1.32 bits per heavy atom. The number of aromatic nitrogens is 3. The van der Waals surface area contributed by atoms with E-state index in [1.165, 1.54) is 0 Å². The van der Waals surface area contributed by atoms with E-state index in [1.807, 2.05) is 0 Å². The maximum atomic E-state index is 10.8. The average Bonchev–Trinajstić information content (AvgIpc) is 2.81. The smallest absolute Gasteiger partial charge is 0.335 e. The van der Waals surface area contributed by atoms with Crippen LogP contribution in [0.1, 0.15) is 29.5 Å². The molecule has 1 aliphatic rings. The molecule has 3 rings (SSSR count). The molecule has 0 saturated carbocycles. The van der Waals surface area contributed by atoms with Gasteiger partial charge in [-0.1, -0.05) is 19.1 Å². The van der Waals surface area contributed by atoms with E-state index in [0.717, 1.165) is 36.6 Å². The molecule has 1 atom stereocenters. The van der Waals surface area contributed by atoms with Crippen molar-refractivity contribution < 1.29 is 9.90 Å². The normalized spacial score (nSPS) is 18.1. The number of hydrogen-bond donors (Lipinski definition) is 1. The predicted octanol–water partition coefficient (Wildman–Crippen LogP) is 2.23. The summed E-state index contributed by atoms with van der Waals surface area (Å²) in [5.74, 6) is 1.59. The first-order valence-electron chi connectivity index (χ1n) is 6.41. The van der Waals surface area contributed by atoms with Gasteiger partial charge in [0.15, 0.2) is 5.82 Å². The molecule has 0 radical (unpaired) electrons. The maximum Gasteiger partial charge on any atom is 0.335 e. The van der Waals surface area contributed by atoms with Gasteiger partial charge in [-0.2, -0.15) is 0 Å². The number of nitrogens with zero attached hydrogens (tertiary/aromatic N) is 3. The second-order valence-corrected chi connectivity index (χ2v) is 5.07. The molecule has 0 bridgehead atoms. The Morgan fingerprint density at radius 3 is 2.74 bits per heavy atom. The largest absolute Gasteiger partial charge is 0.478 e. The number of carboxylic acid groups (broad SMARTS) is 1. The molecule has 1 unspecified atom stereocenters. The fraction of sp³-hybridized carbons (Fsp3) is 0.357. The van der Waals surface area contributed by atoms with Crippen LogP contribution in [-0.2, 0) is 13.0 Å². The molecular weight excluding hydrogens is 242 g/mol. The second-order valence-electron chi connectivity index (χ2n) is 5.07. The van der Waals surface area contributed by atoms with Gasteiger partial charge < -0.3 is 9.67 Å². The van der Waals surface area contributed by atoms with Gasteiger partial charge in [-0.15, -0.1) is 10.2 Å². The van der Waals surface area contributed by atoms with Crippen LogP contribution in [0.15, 0.2) is 24.3 Å². The quantitative estimate of drug-likeness (QED) is 0.895. The molecule has 0 fully saturated rings. The first-order chi connectivity index (χ1) is 9.15. The highest BCUT2D eigenvalue weighted by atomic mass is 16.4. The van der Waals surface area contributed by atoms with Crippen LogP contribution in [0.4, 0.5) is 0 Å². The Balaban J connectivity index is 1.97. The highest BCUT2D eigenvalue weighted by molar-refractivity contribution is 5.88. The Hall–Kier alpha value is -2.17.